The van der Waals surface area contributed by atoms with Crippen LogP contribution in [0.2, 0.25) is 0 Å². The highest BCUT2D eigenvalue weighted by Gasteiger charge is 2.39. The zero-order valence-electron chi connectivity index (χ0n) is 17.7. The summed E-state index contributed by atoms with van der Waals surface area (Å²) in [6, 6.07) is 2.79. The first kappa shape index (κ1) is 21.5. The standard InChI is InChI=1S/C25H43N/c1-3-5-7-8-10-12-22-13-15-24(16-14-22)25(21-26)19-17-23(18-20-25)11-9-6-4-2/h15,22-23H,3-14,16-20H2,1-2H3/t22-,23-,25+/m0/s1. The lowest BCUT2D eigenvalue weighted by Gasteiger charge is -2.39. The van der Waals surface area contributed by atoms with E-state index in [9.17, 15) is 5.26 Å². The molecule has 0 radical (unpaired) electrons. The lowest BCUT2D eigenvalue weighted by Crippen LogP contribution is -2.29. The van der Waals surface area contributed by atoms with Gasteiger partial charge < -0.3 is 0 Å². The molecule has 1 atom stereocenters. The third-order valence-electron chi connectivity index (χ3n) is 7.24. The van der Waals surface area contributed by atoms with E-state index in [1.165, 1.54) is 102 Å². The van der Waals surface area contributed by atoms with Gasteiger partial charge in [-0.05, 0) is 56.8 Å². The van der Waals surface area contributed by atoms with Crippen molar-refractivity contribution in [2.75, 3.05) is 0 Å². The van der Waals surface area contributed by atoms with Crippen LogP contribution in [0, 0.1) is 28.6 Å². The summed E-state index contributed by atoms with van der Waals surface area (Å²) < 4.78 is 0. The minimum atomic E-state index is -0.0899. The average Bonchev–Trinajstić information content (AvgIpc) is 2.69. The van der Waals surface area contributed by atoms with Crippen molar-refractivity contribution in [3.05, 3.63) is 11.6 Å². The number of nitrogens with zero attached hydrogens (tertiary/aromatic N) is 1. The molecule has 0 unspecified atom stereocenters. The molecule has 0 aromatic heterocycles. The van der Waals surface area contributed by atoms with Gasteiger partial charge in [-0.25, -0.2) is 0 Å². The highest BCUT2D eigenvalue weighted by atomic mass is 14.4. The Bertz CT molecular complexity index is 447. The van der Waals surface area contributed by atoms with E-state index in [1.807, 2.05) is 0 Å². The molecule has 0 heterocycles. The first-order valence-corrected chi connectivity index (χ1v) is 11.8. The summed E-state index contributed by atoms with van der Waals surface area (Å²) >= 11 is 0. The number of nitriles is 1. The van der Waals surface area contributed by atoms with E-state index in [1.54, 1.807) is 0 Å². The van der Waals surface area contributed by atoms with Crippen LogP contribution in [-0.2, 0) is 0 Å². The van der Waals surface area contributed by atoms with E-state index in [2.05, 4.69) is 26.0 Å². The van der Waals surface area contributed by atoms with Crippen molar-refractivity contribution >= 4 is 0 Å². The van der Waals surface area contributed by atoms with Crippen molar-refractivity contribution in [1.82, 2.24) is 0 Å². The number of unbranched alkanes of at least 4 members (excludes halogenated alkanes) is 6. The Balaban J connectivity index is 1.76. The molecule has 2 rings (SSSR count). The molecule has 0 N–H and O–H groups in total. The van der Waals surface area contributed by atoms with Crippen LogP contribution >= 0.6 is 0 Å². The lowest BCUT2D eigenvalue weighted by molar-refractivity contribution is 0.221. The van der Waals surface area contributed by atoms with Gasteiger partial charge in [0.2, 0.25) is 0 Å². The van der Waals surface area contributed by atoms with Gasteiger partial charge in [-0.3, -0.25) is 0 Å². The molecule has 148 valence electrons. The monoisotopic (exact) mass is 357 g/mol. The molecule has 26 heavy (non-hydrogen) atoms. The van der Waals surface area contributed by atoms with Crippen LogP contribution in [0.3, 0.4) is 0 Å². The molecule has 2 aliphatic rings. The molecule has 0 aromatic carbocycles. The summed E-state index contributed by atoms with van der Waals surface area (Å²) in [5.74, 6) is 1.78. The van der Waals surface area contributed by atoms with Crippen molar-refractivity contribution in [3.63, 3.8) is 0 Å². The fraction of sp³-hybridized carbons (Fsp3) is 0.880. The van der Waals surface area contributed by atoms with Crippen LogP contribution in [0.1, 0.15) is 123 Å². The van der Waals surface area contributed by atoms with Crippen LogP contribution in [0.5, 0.6) is 0 Å². The molecule has 1 fully saturated rings. The van der Waals surface area contributed by atoms with E-state index < -0.39 is 0 Å². The third-order valence-corrected chi connectivity index (χ3v) is 7.24. The second-order valence-electron chi connectivity index (χ2n) is 9.21. The van der Waals surface area contributed by atoms with Crippen molar-refractivity contribution in [2.24, 2.45) is 17.3 Å². The van der Waals surface area contributed by atoms with Gasteiger partial charge in [0.15, 0.2) is 0 Å². The molecule has 0 bridgehead atoms. The van der Waals surface area contributed by atoms with Crippen molar-refractivity contribution in [3.8, 4) is 6.07 Å². The Hall–Kier alpha value is -0.770. The highest BCUT2D eigenvalue weighted by Crippen LogP contribution is 2.48. The van der Waals surface area contributed by atoms with E-state index in [0.717, 1.165) is 24.7 Å². The van der Waals surface area contributed by atoms with E-state index in [0.29, 0.717) is 0 Å². The summed E-state index contributed by atoms with van der Waals surface area (Å²) in [6.45, 7) is 4.58. The summed E-state index contributed by atoms with van der Waals surface area (Å²) in [7, 11) is 0. The SMILES string of the molecule is CCCCCCC[C@H]1CC=C([C@]2(C#N)CC[C@H](CCCCC)CC2)CC1. The molecule has 0 aliphatic heterocycles. The highest BCUT2D eigenvalue weighted by molar-refractivity contribution is 5.26. The topological polar surface area (TPSA) is 23.8 Å². The van der Waals surface area contributed by atoms with Crippen molar-refractivity contribution < 1.29 is 0 Å². The Labute approximate surface area is 163 Å². The maximum atomic E-state index is 9.99. The van der Waals surface area contributed by atoms with Crippen LogP contribution in [0.25, 0.3) is 0 Å². The van der Waals surface area contributed by atoms with Gasteiger partial charge in [-0.15, -0.1) is 0 Å². The van der Waals surface area contributed by atoms with Gasteiger partial charge in [-0.2, -0.15) is 5.26 Å². The largest absolute Gasteiger partial charge is 0.197 e. The minimum Gasteiger partial charge on any atom is -0.197 e. The predicted molar refractivity (Wildman–Crippen MR) is 113 cm³/mol. The smallest absolute Gasteiger partial charge is 0.0782 e. The Morgan fingerprint density at radius 3 is 2.12 bits per heavy atom. The minimum absolute atomic E-state index is 0.0899. The first-order valence-electron chi connectivity index (χ1n) is 11.8. The van der Waals surface area contributed by atoms with Gasteiger partial charge in [0.1, 0.15) is 0 Å². The normalized spacial score (nSPS) is 29.2. The number of rotatable bonds is 11. The fourth-order valence-corrected chi connectivity index (χ4v) is 5.27. The molecule has 1 nitrogen and oxygen atoms in total. The van der Waals surface area contributed by atoms with Crippen LogP contribution < -0.4 is 0 Å². The van der Waals surface area contributed by atoms with E-state index >= 15 is 0 Å². The number of allylic oxidation sites excluding steroid dienone is 2. The molecular formula is C25H43N. The predicted octanol–water partition coefficient (Wildman–Crippen LogP) is 8.35. The molecular weight excluding hydrogens is 314 g/mol. The van der Waals surface area contributed by atoms with Gasteiger partial charge in [0.25, 0.3) is 0 Å². The quantitative estimate of drug-likeness (QED) is 0.269. The summed E-state index contributed by atoms with van der Waals surface area (Å²) in [5.41, 5.74) is 1.43. The molecule has 0 saturated heterocycles. The van der Waals surface area contributed by atoms with Crippen LogP contribution in [-0.4, -0.2) is 0 Å². The van der Waals surface area contributed by atoms with Gasteiger partial charge in [0.05, 0.1) is 11.5 Å². The van der Waals surface area contributed by atoms with Crippen molar-refractivity contribution in [2.45, 2.75) is 123 Å². The van der Waals surface area contributed by atoms with Gasteiger partial charge >= 0.3 is 0 Å². The molecule has 2 aliphatic carbocycles. The third kappa shape index (κ3) is 6.44. The summed E-state index contributed by atoms with van der Waals surface area (Å²) in [5, 5.41) is 9.99. The maximum absolute atomic E-state index is 9.99. The Morgan fingerprint density at radius 2 is 1.50 bits per heavy atom. The second-order valence-corrected chi connectivity index (χ2v) is 9.21. The Kier molecular flexibility index (Phi) is 9.80. The molecule has 0 spiro atoms. The molecule has 1 saturated carbocycles. The molecule has 0 aromatic rings. The maximum Gasteiger partial charge on any atom is 0.0782 e. The number of hydrogen-bond donors (Lipinski definition) is 0. The van der Waals surface area contributed by atoms with E-state index in [4.69, 9.17) is 0 Å². The van der Waals surface area contributed by atoms with Crippen LogP contribution in [0.15, 0.2) is 11.6 Å². The average molecular weight is 358 g/mol. The first-order chi connectivity index (χ1) is 12.7. The lowest BCUT2D eigenvalue weighted by atomic mass is 9.64. The van der Waals surface area contributed by atoms with Crippen LogP contribution in [0.4, 0.5) is 0 Å². The second kappa shape index (κ2) is 11.8. The van der Waals surface area contributed by atoms with Crippen molar-refractivity contribution in [1.29, 1.82) is 5.26 Å². The Morgan fingerprint density at radius 1 is 0.885 bits per heavy atom. The van der Waals surface area contributed by atoms with Gasteiger partial charge in [-0.1, -0.05) is 89.7 Å². The zero-order valence-corrected chi connectivity index (χ0v) is 17.7. The number of hydrogen-bond acceptors (Lipinski definition) is 1. The van der Waals surface area contributed by atoms with E-state index in [-0.39, 0.29) is 5.41 Å². The molecule has 0 amide bonds. The van der Waals surface area contributed by atoms with Gasteiger partial charge in [0, 0.05) is 0 Å². The molecule has 1 heteroatoms. The fourth-order valence-electron chi connectivity index (χ4n) is 5.27. The zero-order chi connectivity index (χ0) is 18.7. The summed E-state index contributed by atoms with van der Waals surface area (Å²) in [6.07, 6.45) is 25.0. The summed E-state index contributed by atoms with van der Waals surface area (Å²) in [4.78, 5) is 0.